The molecule has 0 aliphatic carbocycles. The van der Waals surface area contributed by atoms with Gasteiger partial charge in [-0.15, -0.1) is 0 Å². The third-order valence-corrected chi connectivity index (χ3v) is 4.00. The molecule has 0 spiro atoms. The van der Waals surface area contributed by atoms with Gasteiger partial charge in [0.25, 0.3) is 5.91 Å². The highest BCUT2D eigenvalue weighted by Gasteiger charge is 2.22. The fourth-order valence-corrected chi connectivity index (χ4v) is 2.67. The Balaban J connectivity index is 2.75. The second-order valence-corrected chi connectivity index (χ2v) is 6.08. The van der Waals surface area contributed by atoms with Crippen LogP contribution in [0, 0.1) is 38.5 Å². The Morgan fingerprint density at radius 3 is 1.95 bits per heavy atom. The quantitative estimate of drug-likeness (QED) is 0.878. The topological polar surface area (TPSA) is 42.2 Å². The number of hydrogen-bond acceptors (Lipinski definition) is 2. The Labute approximate surface area is 116 Å². The Bertz CT molecular complexity index is 436. The molecule has 1 N–H and O–H groups in total. The number of furan rings is 1. The summed E-state index contributed by atoms with van der Waals surface area (Å²) in [5, 5.41) is 3.06. The van der Waals surface area contributed by atoms with E-state index in [1.807, 2.05) is 20.8 Å². The molecule has 3 heteroatoms. The maximum atomic E-state index is 12.3. The van der Waals surface area contributed by atoms with E-state index in [2.05, 4.69) is 33.0 Å². The Morgan fingerprint density at radius 2 is 1.58 bits per heavy atom. The molecule has 0 fully saturated rings. The summed E-state index contributed by atoms with van der Waals surface area (Å²) in [7, 11) is 0. The highest BCUT2D eigenvalue weighted by molar-refractivity contribution is 5.96. The smallest absolute Gasteiger partial charge is 0.255 e. The number of hydrogen-bond donors (Lipinski definition) is 1. The molecule has 0 saturated carbocycles. The maximum absolute atomic E-state index is 12.3. The average Bonchev–Trinajstić information content (AvgIpc) is 2.52. The number of carbonyl (C=O) groups is 1. The van der Waals surface area contributed by atoms with Gasteiger partial charge >= 0.3 is 0 Å². The average molecular weight is 265 g/mol. The largest absolute Gasteiger partial charge is 0.466 e. The first-order valence-corrected chi connectivity index (χ1v) is 7.10. The van der Waals surface area contributed by atoms with Crippen molar-refractivity contribution in [3.8, 4) is 0 Å². The van der Waals surface area contributed by atoms with Crippen molar-refractivity contribution in [2.75, 3.05) is 6.54 Å². The van der Waals surface area contributed by atoms with E-state index in [9.17, 15) is 4.79 Å². The highest BCUT2D eigenvalue weighted by Crippen LogP contribution is 2.22. The van der Waals surface area contributed by atoms with Crippen LogP contribution in [0.1, 0.15) is 55.1 Å². The minimum atomic E-state index is -0.0156. The lowest BCUT2D eigenvalue weighted by molar-refractivity contribution is 0.0935. The molecule has 1 aromatic rings. The van der Waals surface area contributed by atoms with Gasteiger partial charge in [0.2, 0.25) is 0 Å². The van der Waals surface area contributed by atoms with E-state index in [1.54, 1.807) is 0 Å². The van der Waals surface area contributed by atoms with Crippen molar-refractivity contribution >= 4 is 5.91 Å². The van der Waals surface area contributed by atoms with Crippen molar-refractivity contribution in [1.29, 1.82) is 0 Å². The fourth-order valence-electron chi connectivity index (χ4n) is 2.67. The van der Waals surface area contributed by atoms with Gasteiger partial charge in [-0.1, -0.05) is 27.7 Å². The number of nitrogens with one attached hydrogen (secondary N) is 1. The van der Waals surface area contributed by atoms with Crippen molar-refractivity contribution < 1.29 is 9.21 Å². The van der Waals surface area contributed by atoms with Crippen LogP contribution in [0.4, 0.5) is 0 Å². The second-order valence-electron chi connectivity index (χ2n) is 6.08. The molecule has 19 heavy (non-hydrogen) atoms. The van der Waals surface area contributed by atoms with Gasteiger partial charge in [0.05, 0.1) is 5.56 Å². The highest BCUT2D eigenvalue weighted by atomic mass is 16.3. The minimum Gasteiger partial charge on any atom is -0.466 e. The summed E-state index contributed by atoms with van der Waals surface area (Å²) in [6.45, 7) is 15.2. The van der Waals surface area contributed by atoms with Crippen LogP contribution < -0.4 is 5.32 Å². The molecule has 0 radical (unpaired) electrons. The van der Waals surface area contributed by atoms with Gasteiger partial charge < -0.3 is 9.73 Å². The zero-order chi connectivity index (χ0) is 14.7. The van der Waals surface area contributed by atoms with Crippen molar-refractivity contribution in [2.45, 2.75) is 48.5 Å². The fraction of sp³-hybridized carbons (Fsp3) is 0.688. The van der Waals surface area contributed by atoms with Gasteiger partial charge in [-0.05, 0) is 38.5 Å². The molecule has 0 saturated heterocycles. The SMILES string of the molecule is Cc1oc(C)c(C(=O)NCC(C(C)C)C(C)C)c1C. The Hall–Kier alpha value is -1.25. The molecular formula is C16H27NO2. The van der Waals surface area contributed by atoms with Gasteiger partial charge in [-0.25, -0.2) is 0 Å². The van der Waals surface area contributed by atoms with Crippen LogP contribution in [0.25, 0.3) is 0 Å². The van der Waals surface area contributed by atoms with E-state index in [0.717, 1.165) is 17.9 Å². The number of carbonyl (C=O) groups excluding carboxylic acids is 1. The van der Waals surface area contributed by atoms with Gasteiger partial charge in [0.15, 0.2) is 0 Å². The molecule has 0 aromatic carbocycles. The van der Waals surface area contributed by atoms with E-state index in [-0.39, 0.29) is 5.91 Å². The summed E-state index contributed by atoms with van der Waals surface area (Å²) in [6, 6.07) is 0. The van der Waals surface area contributed by atoms with Crippen LogP contribution in [0.2, 0.25) is 0 Å². The van der Waals surface area contributed by atoms with Crippen LogP contribution in [0.15, 0.2) is 4.42 Å². The lowest BCUT2D eigenvalue weighted by atomic mass is 9.85. The van der Waals surface area contributed by atoms with Gasteiger partial charge in [0.1, 0.15) is 11.5 Å². The first-order valence-electron chi connectivity index (χ1n) is 7.10. The van der Waals surface area contributed by atoms with Gasteiger partial charge in [-0.3, -0.25) is 4.79 Å². The molecular weight excluding hydrogens is 238 g/mol. The number of rotatable bonds is 5. The maximum Gasteiger partial charge on any atom is 0.255 e. The van der Waals surface area contributed by atoms with Crippen LogP contribution >= 0.6 is 0 Å². The molecule has 0 atom stereocenters. The number of amides is 1. The van der Waals surface area contributed by atoms with Crippen LogP contribution in [0.5, 0.6) is 0 Å². The predicted molar refractivity (Wildman–Crippen MR) is 78.4 cm³/mol. The molecule has 0 aliphatic heterocycles. The van der Waals surface area contributed by atoms with Crippen LogP contribution in [-0.2, 0) is 0 Å². The molecule has 0 unspecified atom stereocenters. The van der Waals surface area contributed by atoms with Crippen molar-refractivity contribution in [1.82, 2.24) is 5.32 Å². The summed E-state index contributed by atoms with van der Waals surface area (Å²) in [5.74, 6) is 3.14. The van der Waals surface area contributed by atoms with Gasteiger partial charge in [-0.2, -0.15) is 0 Å². The summed E-state index contributed by atoms with van der Waals surface area (Å²) in [6.07, 6.45) is 0. The Kier molecular flexibility index (Phi) is 5.21. The Morgan fingerprint density at radius 1 is 1.05 bits per heavy atom. The van der Waals surface area contributed by atoms with E-state index in [0.29, 0.717) is 29.1 Å². The van der Waals surface area contributed by atoms with E-state index in [4.69, 9.17) is 4.42 Å². The van der Waals surface area contributed by atoms with Crippen molar-refractivity contribution in [2.24, 2.45) is 17.8 Å². The molecule has 1 aromatic heterocycles. The first-order chi connectivity index (χ1) is 8.75. The van der Waals surface area contributed by atoms with E-state index < -0.39 is 0 Å². The molecule has 3 nitrogen and oxygen atoms in total. The zero-order valence-electron chi connectivity index (χ0n) is 13.3. The molecule has 0 aliphatic rings. The summed E-state index contributed by atoms with van der Waals surface area (Å²) < 4.78 is 5.51. The lowest BCUT2D eigenvalue weighted by Crippen LogP contribution is -2.34. The van der Waals surface area contributed by atoms with Crippen LogP contribution in [-0.4, -0.2) is 12.5 Å². The monoisotopic (exact) mass is 265 g/mol. The predicted octanol–water partition coefficient (Wildman–Crippen LogP) is 3.86. The van der Waals surface area contributed by atoms with E-state index >= 15 is 0 Å². The van der Waals surface area contributed by atoms with Gasteiger partial charge in [0, 0.05) is 12.1 Å². The third-order valence-electron chi connectivity index (χ3n) is 4.00. The normalized spacial score (nSPS) is 11.7. The lowest BCUT2D eigenvalue weighted by Gasteiger charge is -2.25. The molecule has 1 rings (SSSR count). The van der Waals surface area contributed by atoms with Crippen molar-refractivity contribution in [3.05, 3.63) is 22.6 Å². The molecule has 0 bridgehead atoms. The second kappa shape index (κ2) is 6.27. The minimum absolute atomic E-state index is 0.0156. The summed E-state index contributed by atoms with van der Waals surface area (Å²) >= 11 is 0. The van der Waals surface area contributed by atoms with E-state index in [1.165, 1.54) is 0 Å². The standard InChI is InChI=1S/C16H27NO2/c1-9(2)14(10(3)4)8-17-16(18)15-11(5)12(6)19-13(15)7/h9-10,14H,8H2,1-7H3,(H,17,18). The summed E-state index contributed by atoms with van der Waals surface area (Å²) in [5.41, 5.74) is 1.64. The molecule has 1 amide bonds. The molecule has 1 heterocycles. The number of aryl methyl sites for hydroxylation is 2. The van der Waals surface area contributed by atoms with Crippen LogP contribution in [0.3, 0.4) is 0 Å². The zero-order valence-corrected chi connectivity index (χ0v) is 13.3. The summed E-state index contributed by atoms with van der Waals surface area (Å²) in [4.78, 5) is 12.3. The molecule has 108 valence electrons. The first kappa shape index (κ1) is 15.8. The third kappa shape index (κ3) is 3.62. The van der Waals surface area contributed by atoms with Crippen molar-refractivity contribution in [3.63, 3.8) is 0 Å².